The molecule has 0 aliphatic carbocycles. The molecule has 1 fully saturated rings. The highest BCUT2D eigenvalue weighted by atomic mass is 16.8. The number of hydrogen-bond donors (Lipinski definition) is 2. The highest BCUT2D eigenvalue weighted by Gasteiger charge is 2.46. The van der Waals surface area contributed by atoms with Crippen molar-refractivity contribution in [2.75, 3.05) is 13.2 Å². The molecule has 1 rings (SSSR count). The van der Waals surface area contributed by atoms with E-state index in [0.717, 1.165) is 6.42 Å². The van der Waals surface area contributed by atoms with Crippen molar-refractivity contribution in [1.82, 2.24) is 0 Å². The second-order valence-corrected chi connectivity index (χ2v) is 6.33. The lowest BCUT2D eigenvalue weighted by Crippen LogP contribution is -2.43. The zero-order chi connectivity index (χ0) is 14.7. The minimum Gasteiger partial charge on any atom is -0.396 e. The Hall–Kier alpha value is -0.420. The van der Waals surface area contributed by atoms with Gasteiger partial charge in [0.25, 0.3) is 0 Å². The number of ether oxygens (including phenoxy) is 2. The largest absolute Gasteiger partial charge is 0.396 e. The monoisotopic (exact) mass is 272 g/mol. The van der Waals surface area contributed by atoms with Gasteiger partial charge < -0.3 is 19.7 Å². The standard InChI is InChI=1S/C15H28O4/c1-11(8-12(2)9-16)6-7-13(17)15(5)10-18-14(3,4)19-15/h8,12-13,16-17H,6-7,9-10H2,1-5H3/b11-8-/t12-,13-,15+/m1/s1. The van der Waals surface area contributed by atoms with E-state index in [0.29, 0.717) is 13.0 Å². The van der Waals surface area contributed by atoms with E-state index in [1.807, 2.05) is 40.7 Å². The molecule has 0 aromatic rings. The Morgan fingerprint density at radius 2 is 2.00 bits per heavy atom. The molecular weight excluding hydrogens is 244 g/mol. The minimum absolute atomic E-state index is 0.156. The van der Waals surface area contributed by atoms with Crippen molar-refractivity contribution in [3.8, 4) is 0 Å². The Balaban J connectivity index is 2.48. The fourth-order valence-electron chi connectivity index (χ4n) is 2.39. The zero-order valence-corrected chi connectivity index (χ0v) is 12.8. The Morgan fingerprint density at radius 3 is 2.47 bits per heavy atom. The summed E-state index contributed by atoms with van der Waals surface area (Å²) in [7, 11) is 0. The third-order valence-corrected chi connectivity index (χ3v) is 3.56. The van der Waals surface area contributed by atoms with E-state index in [2.05, 4.69) is 0 Å². The van der Waals surface area contributed by atoms with Gasteiger partial charge in [0, 0.05) is 6.61 Å². The SMILES string of the molecule is C/C(=C/[C@@H](C)CO)CC[C@@H](O)[C@]1(C)COC(C)(C)O1. The van der Waals surface area contributed by atoms with Gasteiger partial charge in [-0.05, 0) is 46.5 Å². The molecule has 19 heavy (non-hydrogen) atoms. The highest BCUT2D eigenvalue weighted by Crippen LogP contribution is 2.34. The van der Waals surface area contributed by atoms with Gasteiger partial charge in [-0.1, -0.05) is 18.6 Å². The number of rotatable bonds is 6. The first-order valence-corrected chi connectivity index (χ1v) is 6.99. The van der Waals surface area contributed by atoms with Gasteiger partial charge in [-0.3, -0.25) is 0 Å². The van der Waals surface area contributed by atoms with Gasteiger partial charge in [-0.15, -0.1) is 0 Å². The Morgan fingerprint density at radius 1 is 1.37 bits per heavy atom. The number of allylic oxidation sites excluding steroid dienone is 1. The second-order valence-electron chi connectivity index (χ2n) is 6.33. The predicted molar refractivity (Wildman–Crippen MR) is 74.8 cm³/mol. The topological polar surface area (TPSA) is 58.9 Å². The van der Waals surface area contributed by atoms with E-state index in [1.54, 1.807) is 0 Å². The summed E-state index contributed by atoms with van der Waals surface area (Å²) < 4.78 is 11.3. The molecule has 1 aliphatic rings. The van der Waals surface area contributed by atoms with Crippen LogP contribution in [0.5, 0.6) is 0 Å². The van der Waals surface area contributed by atoms with Crippen LogP contribution in [0.1, 0.15) is 47.5 Å². The fourth-order valence-corrected chi connectivity index (χ4v) is 2.39. The van der Waals surface area contributed by atoms with E-state index in [4.69, 9.17) is 14.6 Å². The zero-order valence-electron chi connectivity index (χ0n) is 12.8. The molecule has 0 saturated carbocycles. The van der Waals surface area contributed by atoms with Crippen LogP contribution in [-0.2, 0) is 9.47 Å². The lowest BCUT2D eigenvalue weighted by atomic mass is 9.94. The average molecular weight is 272 g/mol. The molecule has 3 atom stereocenters. The van der Waals surface area contributed by atoms with Crippen molar-refractivity contribution in [2.24, 2.45) is 5.92 Å². The predicted octanol–water partition coefficient (Wildman–Crippen LogP) is 2.24. The van der Waals surface area contributed by atoms with Crippen LogP contribution in [0.15, 0.2) is 11.6 Å². The molecule has 0 radical (unpaired) electrons. The molecule has 0 unspecified atom stereocenters. The molecule has 4 nitrogen and oxygen atoms in total. The normalized spacial score (nSPS) is 30.4. The Labute approximate surface area is 116 Å². The first-order valence-electron chi connectivity index (χ1n) is 6.99. The van der Waals surface area contributed by atoms with Crippen molar-refractivity contribution < 1.29 is 19.7 Å². The van der Waals surface area contributed by atoms with Crippen molar-refractivity contribution in [3.05, 3.63) is 11.6 Å². The first kappa shape index (κ1) is 16.6. The van der Waals surface area contributed by atoms with Crippen LogP contribution in [0, 0.1) is 5.92 Å². The summed E-state index contributed by atoms with van der Waals surface area (Å²) in [5.41, 5.74) is 0.550. The van der Waals surface area contributed by atoms with Crippen LogP contribution in [-0.4, -0.2) is 40.9 Å². The van der Waals surface area contributed by atoms with Gasteiger partial charge in [-0.25, -0.2) is 0 Å². The summed E-state index contributed by atoms with van der Waals surface area (Å²) in [5, 5.41) is 19.3. The summed E-state index contributed by atoms with van der Waals surface area (Å²) in [6, 6.07) is 0. The summed E-state index contributed by atoms with van der Waals surface area (Å²) >= 11 is 0. The maximum absolute atomic E-state index is 10.3. The van der Waals surface area contributed by atoms with Crippen molar-refractivity contribution in [3.63, 3.8) is 0 Å². The third-order valence-electron chi connectivity index (χ3n) is 3.56. The van der Waals surface area contributed by atoms with Crippen LogP contribution in [0.3, 0.4) is 0 Å². The lowest BCUT2D eigenvalue weighted by molar-refractivity contribution is -0.179. The maximum Gasteiger partial charge on any atom is 0.163 e. The van der Waals surface area contributed by atoms with Crippen LogP contribution >= 0.6 is 0 Å². The summed E-state index contributed by atoms with van der Waals surface area (Å²) in [6.07, 6.45) is 2.92. The van der Waals surface area contributed by atoms with Gasteiger partial charge >= 0.3 is 0 Å². The lowest BCUT2D eigenvalue weighted by Gasteiger charge is -2.30. The Kier molecular flexibility index (Phi) is 5.56. The van der Waals surface area contributed by atoms with Crippen LogP contribution in [0.2, 0.25) is 0 Å². The molecule has 112 valence electrons. The number of aliphatic hydroxyl groups excluding tert-OH is 2. The second kappa shape index (κ2) is 6.35. The summed E-state index contributed by atoms with van der Waals surface area (Å²) in [5.74, 6) is -0.454. The van der Waals surface area contributed by atoms with Crippen molar-refractivity contribution >= 4 is 0 Å². The van der Waals surface area contributed by atoms with Crippen LogP contribution in [0.4, 0.5) is 0 Å². The smallest absolute Gasteiger partial charge is 0.163 e. The molecule has 2 N–H and O–H groups in total. The highest BCUT2D eigenvalue weighted by molar-refractivity contribution is 5.02. The quantitative estimate of drug-likeness (QED) is 0.728. The molecule has 4 heteroatoms. The molecule has 0 amide bonds. The van der Waals surface area contributed by atoms with E-state index < -0.39 is 17.5 Å². The van der Waals surface area contributed by atoms with E-state index in [9.17, 15) is 5.11 Å². The molecule has 0 aromatic heterocycles. The van der Waals surface area contributed by atoms with E-state index >= 15 is 0 Å². The fraction of sp³-hybridized carbons (Fsp3) is 0.867. The summed E-state index contributed by atoms with van der Waals surface area (Å²) in [4.78, 5) is 0. The van der Waals surface area contributed by atoms with E-state index in [-0.39, 0.29) is 12.5 Å². The molecule has 1 aliphatic heterocycles. The van der Waals surface area contributed by atoms with Gasteiger partial charge in [0.2, 0.25) is 0 Å². The minimum atomic E-state index is -0.633. The van der Waals surface area contributed by atoms with Crippen LogP contribution in [0.25, 0.3) is 0 Å². The Bertz CT molecular complexity index is 324. The molecule has 0 bridgehead atoms. The first-order chi connectivity index (χ1) is 8.68. The molecule has 0 aromatic carbocycles. The molecule has 1 saturated heterocycles. The molecular formula is C15H28O4. The van der Waals surface area contributed by atoms with Gasteiger partial charge in [0.05, 0.1) is 12.7 Å². The molecule has 1 heterocycles. The van der Waals surface area contributed by atoms with Gasteiger partial charge in [0.15, 0.2) is 5.79 Å². The van der Waals surface area contributed by atoms with Crippen LogP contribution < -0.4 is 0 Å². The molecule has 0 spiro atoms. The van der Waals surface area contributed by atoms with Gasteiger partial charge in [0.1, 0.15) is 5.60 Å². The van der Waals surface area contributed by atoms with E-state index in [1.165, 1.54) is 5.57 Å². The average Bonchev–Trinajstić information content (AvgIpc) is 2.61. The van der Waals surface area contributed by atoms with Gasteiger partial charge in [-0.2, -0.15) is 0 Å². The van der Waals surface area contributed by atoms with Crippen molar-refractivity contribution in [1.29, 1.82) is 0 Å². The third kappa shape index (κ3) is 4.88. The summed E-state index contributed by atoms with van der Waals surface area (Å²) in [6.45, 7) is 10.2. The van der Waals surface area contributed by atoms with Crippen molar-refractivity contribution in [2.45, 2.75) is 65.0 Å². The maximum atomic E-state index is 10.3. The number of hydrogen-bond acceptors (Lipinski definition) is 4. The number of aliphatic hydroxyl groups is 2.